The Morgan fingerprint density at radius 2 is 1.95 bits per heavy atom. The van der Waals surface area contributed by atoms with Gasteiger partial charge in [-0.3, -0.25) is 9.59 Å². The quantitative estimate of drug-likeness (QED) is 0.832. The number of carboxylic acid groups (broad SMARTS) is 1. The van der Waals surface area contributed by atoms with Crippen LogP contribution in [0.1, 0.15) is 12.8 Å². The zero-order valence-corrected chi connectivity index (χ0v) is 11.4. The average Bonchev–Trinajstić information content (AvgIpc) is 2.37. The van der Waals surface area contributed by atoms with Gasteiger partial charge in [-0.15, -0.1) is 0 Å². The molecule has 0 saturated heterocycles. The van der Waals surface area contributed by atoms with E-state index < -0.39 is 5.97 Å². The number of carbonyl (C=O) groups is 2. The summed E-state index contributed by atoms with van der Waals surface area (Å²) in [5.74, 6) is -0.490. The summed E-state index contributed by atoms with van der Waals surface area (Å²) >= 11 is 5.73. The lowest BCUT2D eigenvalue weighted by atomic mass is 10.3. The molecule has 5 nitrogen and oxygen atoms in total. The maximum Gasteiger partial charge on any atom is 0.303 e. The minimum Gasteiger partial charge on any atom is -0.484 e. The Morgan fingerprint density at radius 3 is 2.53 bits per heavy atom. The minimum absolute atomic E-state index is 0.0513. The number of aliphatic carboxylic acids is 1. The molecule has 0 aliphatic rings. The van der Waals surface area contributed by atoms with E-state index in [1.54, 1.807) is 31.3 Å². The van der Waals surface area contributed by atoms with Crippen molar-refractivity contribution >= 4 is 23.5 Å². The Kier molecular flexibility index (Phi) is 6.15. The number of benzene rings is 1. The summed E-state index contributed by atoms with van der Waals surface area (Å²) in [5.41, 5.74) is 0. The van der Waals surface area contributed by atoms with Gasteiger partial charge in [0.1, 0.15) is 5.75 Å². The van der Waals surface area contributed by atoms with Gasteiger partial charge in [-0.25, -0.2) is 0 Å². The van der Waals surface area contributed by atoms with Crippen LogP contribution in [0, 0.1) is 0 Å². The maximum absolute atomic E-state index is 11.7. The molecular weight excluding hydrogens is 270 g/mol. The number of likely N-dealkylation sites (N-methyl/N-ethyl adjacent to an activating group) is 1. The van der Waals surface area contributed by atoms with Crippen molar-refractivity contribution in [2.75, 3.05) is 20.2 Å². The lowest BCUT2D eigenvalue weighted by Crippen LogP contribution is -2.32. The Balaban J connectivity index is 2.30. The molecule has 0 aliphatic carbocycles. The van der Waals surface area contributed by atoms with Gasteiger partial charge in [0, 0.05) is 25.0 Å². The van der Waals surface area contributed by atoms with Crippen LogP contribution in [0.25, 0.3) is 0 Å². The second kappa shape index (κ2) is 7.63. The van der Waals surface area contributed by atoms with E-state index in [2.05, 4.69) is 0 Å². The predicted octanol–water partition coefficient (Wildman–Crippen LogP) is 2.04. The third-order valence-electron chi connectivity index (χ3n) is 2.49. The van der Waals surface area contributed by atoms with E-state index in [4.69, 9.17) is 21.4 Å². The number of rotatable bonds is 7. The van der Waals surface area contributed by atoms with Gasteiger partial charge in [0.15, 0.2) is 6.61 Å². The summed E-state index contributed by atoms with van der Waals surface area (Å²) < 4.78 is 5.31. The molecule has 0 fully saturated rings. The van der Waals surface area contributed by atoms with E-state index in [1.165, 1.54) is 4.90 Å². The van der Waals surface area contributed by atoms with Crippen molar-refractivity contribution in [3.8, 4) is 5.75 Å². The fourth-order valence-corrected chi connectivity index (χ4v) is 1.50. The highest BCUT2D eigenvalue weighted by Crippen LogP contribution is 2.15. The van der Waals surface area contributed by atoms with Gasteiger partial charge in [0.25, 0.3) is 5.91 Å². The molecule has 104 valence electrons. The second-order valence-electron chi connectivity index (χ2n) is 4.06. The van der Waals surface area contributed by atoms with Crippen molar-refractivity contribution in [3.63, 3.8) is 0 Å². The SMILES string of the molecule is CN(CCCC(=O)O)C(=O)COc1ccc(Cl)cc1. The highest BCUT2D eigenvalue weighted by Gasteiger charge is 2.10. The second-order valence-corrected chi connectivity index (χ2v) is 4.49. The van der Waals surface area contributed by atoms with Crippen molar-refractivity contribution < 1.29 is 19.4 Å². The van der Waals surface area contributed by atoms with E-state index in [-0.39, 0.29) is 18.9 Å². The summed E-state index contributed by atoms with van der Waals surface area (Å²) in [5, 5.41) is 9.10. The van der Waals surface area contributed by atoms with Crippen LogP contribution in [0.3, 0.4) is 0 Å². The van der Waals surface area contributed by atoms with E-state index in [9.17, 15) is 9.59 Å². The number of amides is 1. The van der Waals surface area contributed by atoms with Crippen LogP contribution < -0.4 is 4.74 Å². The third kappa shape index (κ3) is 6.10. The number of halogens is 1. The molecule has 0 radical (unpaired) electrons. The van der Waals surface area contributed by atoms with E-state index in [0.717, 1.165) is 0 Å². The first-order valence-corrected chi connectivity index (χ1v) is 6.21. The van der Waals surface area contributed by atoms with Gasteiger partial charge in [0.05, 0.1) is 0 Å². The molecule has 0 unspecified atom stereocenters. The normalized spacial score (nSPS) is 10.0. The van der Waals surface area contributed by atoms with Crippen LogP contribution in [0.5, 0.6) is 5.75 Å². The first kappa shape index (κ1) is 15.3. The van der Waals surface area contributed by atoms with Crippen LogP contribution in [0.2, 0.25) is 5.02 Å². The number of carbonyl (C=O) groups excluding carboxylic acids is 1. The van der Waals surface area contributed by atoms with Crippen LogP contribution in [-0.2, 0) is 9.59 Å². The molecule has 1 rings (SSSR count). The molecule has 0 aliphatic heterocycles. The Morgan fingerprint density at radius 1 is 1.32 bits per heavy atom. The molecule has 1 amide bonds. The fourth-order valence-electron chi connectivity index (χ4n) is 1.38. The van der Waals surface area contributed by atoms with Gasteiger partial charge in [-0.1, -0.05) is 11.6 Å². The zero-order chi connectivity index (χ0) is 14.3. The fraction of sp³-hybridized carbons (Fsp3) is 0.385. The molecule has 0 aromatic heterocycles. The molecule has 19 heavy (non-hydrogen) atoms. The summed E-state index contributed by atoms with van der Waals surface area (Å²) in [4.78, 5) is 23.5. The lowest BCUT2D eigenvalue weighted by molar-refractivity contribution is -0.138. The van der Waals surface area contributed by atoms with Crippen molar-refractivity contribution in [1.82, 2.24) is 4.90 Å². The van der Waals surface area contributed by atoms with Gasteiger partial charge < -0.3 is 14.7 Å². The molecule has 0 spiro atoms. The predicted molar refractivity (Wildman–Crippen MR) is 71.5 cm³/mol. The molecule has 1 aromatic rings. The summed E-state index contributed by atoms with van der Waals surface area (Å²) in [6.07, 6.45) is 0.480. The molecule has 6 heteroatoms. The van der Waals surface area contributed by atoms with Crippen LogP contribution in [0.15, 0.2) is 24.3 Å². The Labute approximate surface area is 116 Å². The minimum atomic E-state index is -0.863. The summed E-state index contributed by atoms with van der Waals surface area (Å²) in [6, 6.07) is 6.72. The highest BCUT2D eigenvalue weighted by molar-refractivity contribution is 6.30. The van der Waals surface area contributed by atoms with E-state index in [1.807, 2.05) is 0 Å². The van der Waals surface area contributed by atoms with Gasteiger partial charge in [-0.2, -0.15) is 0 Å². The van der Waals surface area contributed by atoms with Gasteiger partial charge in [-0.05, 0) is 30.7 Å². The molecule has 0 bridgehead atoms. The Bertz CT molecular complexity index is 433. The van der Waals surface area contributed by atoms with Crippen molar-refractivity contribution in [1.29, 1.82) is 0 Å². The van der Waals surface area contributed by atoms with Gasteiger partial charge >= 0.3 is 5.97 Å². The summed E-state index contributed by atoms with van der Waals surface area (Å²) in [7, 11) is 1.62. The molecule has 0 saturated carbocycles. The number of ether oxygens (including phenoxy) is 1. The average molecular weight is 286 g/mol. The van der Waals surface area contributed by atoms with Crippen LogP contribution in [0.4, 0.5) is 0 Å². The monoisotopic (exact) mass is 285 g/mol. The third-order valence-corrected chi connectivity index (χ3v) is 2.74. The molecule has 1 aromatic carbocycles. The molecule has 0 atom stereocenters. The number of carboxylic acids is 1. The standard InChI is InChI=1S/C13H16ClNO4/c1-15(8-2-3-13(17)18)12(16)9-19-11-6-4-10(14)5-7-11/h4-7H,2-3,8-9H2,1H3,(H,17,18). The van der Waals surface area contributed by atoms with E-state index in [0.29, 0.717) is 23.7 Å². The van der Waals surface area contributed by atoms with Gasteiger partial charge in [0.2, 0.25) is 0 Å². The highest BCUT2D eigenvalue weighted by atomic mass is 35.5. The zero-order valence-electron chi connectivity index (χ0n) is 10.6. The first-order valence-electron chi connectivity index (χ1n) is 5.83. The number of nitrogens with zero attached hydrogens (tertiary/aromatic N) is 1. The molecule has 0 heterocycles. The number of hydrogen-bond acceptors (Lipinski definition) is 3. The van der Waals surface area contributed by atoms with Crippen LogP contribution in [-0.4, -0.2) is 42.1 Å². The molecule has 1 N–H and O–H groups in total. The maximum atomic E-state index is 11.7. The van der Waals surface area contributed by atoms with Crippen molar-refractivity contribution in [3.05, 3.63) is 29.3 Å². The van der Waals surface area contributed by atoms with Crippen molar-refractivity contribution in [2.24, 2.45) is 0 Å². The Hall–Kier alpha value is -1.75. The molecular formula is C13H16ClNO4. The van der Waals surface area contributed by atoms with Crippen LogP contribution >= 0.6 is 11.6 Å². The topological polar surface area (TPSA) is 66.8 Å². The number of hydrogen-bond donors (Lipinski definition) is 1. The van der Waals surface area contributed by atoms with E-state index >= 15 is 0 Å². The first-order chi connectivity index (χ1) is 8.99. The lowest BCUT2D eigenvalue weighted by Gasteiger charge is -2.16. The van der Waals surface area contributed by atoms with Crippen molar-refractivity contribution in [2.45, 2.75) is 12.8 Å². The largest absolute Gasteiger partial charge is 0.484 e. The smallest absolute Gasteiger partial charge is 0.303 e. The summed E-state index contributed by atoms with van der Waals surface area (Å²) in [6.45, 7) is 0.320.